The van der Waals surface area contributed by atoms with E-state index in [0.29, 0.717) is 18.3 Å². The molecule has 1 saturated heterocycles. The summed E-state index contributed by atoms with van der Waals surface area (Å²) in [6.07, 6.45) is 3.77. The third-order valence-electron chi connectivity index (χ3n) is 4.13. The molecule has 15 heavy (non-hydrogen) atoms. The quantitative estimate of drug-likeness (QED) is 0.720. The van der Waals surface area contributed by atoms with Gasteiger partial charge in [0.1, 0.15) is 5.78 Å². The van der Waals surface area contributed by atoms with Crippen molar-refractivity contribution in [3.63, 3.8) is 0 Å². The van der Waals surface area contributed by atoms with Gasteiger partial charge in [0.15, 0.2) is 5.79 Å². The van der Waals surface area contributed by atoms with E-state index in [9.17, 15) is 9.90 Å². The molecule has 2 aliphatic rings. The molecule has 1 saturated carbocycles. The van der Waals surface area contributed by atoms with Gasteiger partial charge >= 0.3 is 0 Å². The van der Waals surface area contributed by atoms with Gasteiger partial charge in [0.2, 0.25) is 0 Å². The number of aliphatic hydroxyl groups is 1. The van der Waals surface area contributed by atoms with Gasteiger partial charge in [-0.15, -0.1) is 0 Å². The highest BCUT2D eigenvalue weighted by molar-refractivity contribution is 5.78. The summed E-state index contributed by atoms with van der Waals surface area (Å²) in [6, 6.07) is 0. The number of carbonyl (C=O) groups is 1. The lowest BCUT2D eigenvalue weighted by molar-refractivity contribution is -0.267. The number of carbonyl (C=O) groups excluding carboxylic acids is 1. The Labute approximate surface area is 90.8 Å². The van der Waals surface area contributed by atoms with Crippen LogP contribution in [-0.2, 0) is 9.53 Å². The molecule has 4 atom stereocenters. The summed E-state index contributed by atoms with van der Waals surface area (Å²) in [4.78, 5) is 11.3. The number of ether oxygens (including phenoxy) is 1. The van der Waals surface area contributed by atoms with Gasteiger partial charge in [-0.25, -0.2) is 0 Å². The van der Waals surface area contributed by atoms with Crippen molar-refractivity contribution in [2.75, 3.05) is 6.61 Å². The van der Waals surface area contributed by atoms with Crippen LogP contribution in [0.4, 0.5) is 0 Å². The van der Waals surface area contributed by atoms with E-state index in [1.807, 2.05) is 0 Å². The second-order valence-electron chi connectivity index (χ2n) is 5.18. The lowest BCUT2D eigenvalue weighted by Crippen LogP contribution is -2.49. The molecule has 0 radical (unpaired) electrons. The maximum Gasteiger partial charge on any atom is 0.165 e. The SMILES string of the molecule is CC(=O)C1CCC2C(CCOC2(C)O)C1. The Morgan fingerprint density at radius 3 is 2.80 bits per heavy atom. The Morgan fingerprint density at radius 1 is 1.40 bits per heavy atom. The van der Waals surface area contributed by atoms with Crippen LogP contribution in [0.15, 0.2) is 0 Å². The van der Waals surface area contributed by atoms with Gasteiger partial charge < -0.3 is 9.84 Å². The van der Waals surface area contributed by atoms with Crippen LogP contribution in [0.5, 0.6) is 0 Å². The lowest BCUT2D eigenvalue weighted by Gasteiger charge is -2.46. The first-order valence-electron chi connectivity index (χ1n) is 5.87. The van der Waals surface area contributed by atoms with Gasteiger partial charge in [0.25, 0.3) is 0 Å². The van der Waals surface area contributed by atoms with E-state index < -0.39 is 5.79 Å². The molecule has 4 unspecified atom stereocenters. The molecule has 2 rings (SSSR count). The number of ketones is 1. The molecule has 0 aromatic heterocycles. The fraction of sp³-hybridized carbons (Fsp3) is 0.917. The minimum Gasteiger partial charge on any atom is -0.365 e. The van der Waals surface area contributed by atoms with Gasteiger partial charge in [-0.05, 0) is 45.4 Å². The molecule has 0 amide bonds. The molecule has 0 bridgehead atoms. The van der Waals surface area contributed by atoms with Crippen LogP contribution in [0.1, 0.15) is 39.5 Å². The van der Waals surface area contributed by atoms with E-state index in [1.165, 1.54) is 0 Å². The second kappa shape index (κ2) is 3.87. The number of hydrogen-bond donors (Lipinski definition) is 1. The van der Waals surface area contributed by atoms with Gasteiger partial charge in [-0.2, -0.15) is 0 Å². The summed E-state index contributed by atoms with van der Waals surface area (Å²) in [5.74, 6) is 0.253. The fourth-order valence-corrected chi connectivity index (χ4v) is 3.18. The molecule has 1 heterocycles. The van der Waals surface area contributed by atoms with Gasteiger partial charge in [-0.1, -0.05) is 0 Å². The highest BCUT2D eigenvalue weighted by Gasteiger charge is 2.45. The number of rotatable bonds is 1. The first kappa shape index (κ1) is 11.1. The molecular weight excluding hydrogens is 192 g/mol. The van der Waals surface area contributed by atoms with Crippen LogP contribution in [0.2, 0.25) is 0 Å². The molecular formula is C12H20O3. The average molecular weight is 212 g/mol. The topological polar surface area (TPSA) is 46.5 Å². The first-order valence-corrected chi connectivity index (χ1v) is 5.87. The monoisotopic (exact) mass is 212 g/mol. The molecule has 3 heteroatoms. The molecule has 0 aromatic rings. The van der Waals surface area contributed by atoms with Crippen LogP contribution in [0.3, 0.4) is 0 Å². The van der Waals surface area contributed by atoms with Crippen LogP contribution >= 0.6 is 0 Å². The Bertz CT molecular complexity index is 260. The predicted molar refractivity (Wildman–Crippen MR) is 56.2 cm³/mol. The molecule has 1 N–H and O–H groups in total. The van der Waals surface area contributed by atoms with E-state index in [4.69, 9.17) is 4.74 Å². The number of Topliss-reactive ketones (excluding diaryl/α,β-unsaturated/α-hetero) is 1. The van der Waals surface area contributed by atoms with Crippen molar-refractivity contribution in [3.8, 4) is 0 Å². The molecule has 2 fully saturated rings. The van der Waals surface area contributed by atoms with Crippen molar-refractivity contribution in [1.29, 1.82) is 0 Å². The molecule has 3 nitrogen and oxygen atoms in total. The Hall–Kier alpha value is -0.410. The van der Waals surface area contributed by atoms with Crippen LogP contribution in [0, 0.1) is 17.8 Å². The minimum absolute atomic E-state index is 0.222. The minimum atomic E-state index is -0.968. The van der Waals surface area contributed by atoms with Crippen LogP contribution in [-0.4, -0.2) is 23.3 Å². The number of fused-ring (bicyclic) bond motifs is 1. The lowest BCUT2D eigenvalue weighted by atomic mass is 9.68. The Kier molecular flexibility index (Phi) is 2.86. The van der Waals surface area contributed by atoms with Crippen molar-refractivity contribution in [2.24, 2.45) is 17.8 Å². The van der Waals surface area contributed by atoms with E-state index in [1.54, 1.807) is 13.8 Å². The molecule has 1 aliphatic carbocycles. The maximum absolute atomic E-state index is 11.3. The molecule has 0 aromatic carbocycles. The third kappa shape index (κ3) is 2.08. The van der Waals surface area contributed by atoms with Crippen molar-refractivity contribution in [2.45, 2.75) is 45.3 Å². The fourth-order valence-electron chi connectivity index (χ4n) is 3.18. The standard InChI is InChI=1S/C12H20O3/c1-8(13)9-3-4-11-10(7-9)5-6-15-12(11,2)14/h9-11,14H,3-7H2,1-2H3. The maximum atomic E-state index is 11.3. The summed E-state index contributed by atoms with van der Waals surface area (Å²) >= 11 is 0. The summed E-state index contributed by atoms with van der Waals surface area (Å²) in [7, 11) is 0. The Balaban J connectivity index is 2.06. The summed E-state index contributed by atoms with van der Waals surface area (Å²) < 4.78 is 5.40. The van der Waals surface area contributed by atoms with E-state index >= 15 is 0 Å². The zero-order valence-electron chi connectivity index (χ0n) is 9.53. The van der Waals surface area contributed by atoms with E-state index in [0.717, 1.165) is 25.7 Å². The summed E-state index contributed by atoms with van der Waals surface area (Å²) in [6.45, 7) is 4.07. The van der Waals surface area contributed by atoms with Crippen molar-refractivity contribution < 1.29 is 14.6 Å². The summed E-state index contributed by atoms with van der Waals surface area (Å²) in [5, 5.41) is 10.1. The van der Waals surface area contributed by atoms with Crippen LogP contribution in [0.25, 0.3) is 0 Å². The summed E-state index contributed by atoms with van der Waals surface area (Å²) in [5.41, 5.74) is 0. The highest BCUT2D eigenvalue weighted by atomic mass is 16.6. The van der Waals surface area contributed by atoms with E-state index in [-0.39, 0.29) is 11.8 Å². The van der Waals surface area contributed by atoms with Crippen LogP contribution < -0.4 is 0 Å². The van der Waals surface area contributed by atoms with Crippen molar-refractivity contribution >= 4 is 5.78 Å². The first-order chi connectivity index (χ1) is 7.00. The van der Waals surface area contributed by atoms with Gasteiger partial charge in [0, 0.05) is 11.8 Å². The van der Waals surface area contributed by atoms with Crippen molar-refractivity contribution in [3.05, 3.63) is 0 Å². The van der Waals surface area contributed by atoms with Crippen molar-refractivity contribution in [1.82, 2.24) is 0 Å². The van der Waals surface area contributed by atoms with E-state index in [2.05, 4.69) is 0 Å². The second-order valence-corrected chi connectivity index (χ2v) is 5.18. The molecule has 0 spiro atoms. The number of hydrogen-bond acceptors (Lipinski definition) is 3. The molecule has 1 aliphatic heterocycles. The molecule has 86 valence electrons. The largest absolute Gasteiger partial charge is 0.365 e. The van der Waals surface area contributed by atoms with Gasteiger partial charge in [0.05, 0.1) is 6.61 Å². The van der Waals surface area contributed by atoms with Gasteiger partial charge in [-0.3, -0.25) is 4.79 Å². The predicted octanol–water partition coefficient (Wildman–Crippen LogP) is 1.74. The zero-order valence-corrected chi connectivity index (χ0v) is 9.53. The zero-order chi connectivity index (χ0) is 11.1. The normalized spacial score (nSPS) is 45.9. The Morgan fingerprint density at radius 2 is 2.13 bits per heavy atom. The average Bonchev–Trinajstić information content (AvgIpc) is 2.16. The third-order valence-corrected chi connectivity index (χ3v) is 4.13. The highest BCUT2D eigenvalue weighted by Crippen LogP contribution is 2.44. The smallest absolute Gasteiger partial charge is 0.165 e.